The number of halogens is 3. The number of aryl methyl sites for hydroxylation is 1. The van der Waals surface area contributed by atoms with Gasteiger partial charge in [-0.3, -0.25) is 14.7 Å². The highest BCUT2D eigenvalue weighted by atomic mass is 19.4. The van der Waals surface area contributed by atoms with Gasteiger partial charge >= 0.3 is 6.36 Å². The predicted molar refractivity (Wildman–Crippen MR) is 123 cm³/mol. The third kappa shape index (κ3) is 5.44. The van der Waals surface area contributed by atoms with Crippen molar-refractivity contribution in [2.75, 3.05) is 26.2 Å². The van der Waals surface area contributed by atoms with Crippen LogP contribution in [0.1, 0.15) is 29.8 Å². The van der Waals surface area contributed by atoms with Crippen LogP contribution in [0.15, 0.2) is 42.0 Å². The van der Waals surface area contributed by atoms with Gasteiger partial charge in [0.15, 0.2) is 0 Å². The SMILES string of the molecule is O=C(C=Cc1ccc(OC(F)(F)F)cc1)N1CC=C2CN(C(=O)C3CCc4[nH]nnc4C3)C[C@H]2CC1. The standard InChI is InChI=1S/C25H26F3N5O3/c26-25(27,28)36-20-5-1-16(2-6-20)3-8-23(34)32-11-9-18-14-33(15-19(18)10-12-32)24(35)17-4-7-21-22(13-17)30-31-29-21/h1-3,5-6,8-9,17,19H,4,7,10-15H2,(H,29,30,31)/t17?,19-/m1/s1. The number of benzene rings is 1. The van der Waals surface area contributed by atoms with Gasteiger partial charge in [-0.1, -0.05) is 23.4 Å². The molecule has 1 fully saturated rings. The molecule has 5 rings (SSSR count). The molecule has 2 aliphatic heterocycles. The van der Waals surface area contributed by atoms with Crippen molar-refractivity contribution in [1.82, 2.24) is 25.2 Å². The van der Waals surface area contributed by atoms with Crippen molar-refractivity contribution >= 4 is 17.9 Å². The van der Waals surface area contributed by atoms with E-state index in [4.69, 9.17) is 0 Å². The summed E-state index contributed by atoms with van der Waals surface area (Å²) in [5, 5.41) is 10.8. The maximum atomic E-state index is 13.1. The maximum absolute atomic E-state index is 13.1. The fourth-order valence-electron chi connectivity index (χ4n) is 5.12. The van der Waals surface area contributed by atoms with Gasteiger partial charge in [0.05, 0.1) is 11.4 Å². The van der Waals surface area contributed by atoms with Gasteiger partial charge in [-0.05, 0) is 48.6 Å². The van der Waals surface area contributed by atoms with Gasteiger partial charge in [0.25, 0.3) is 0 Å². The van der Waals surface area contributed by atoms with Crippen LogP contribution in [0.4, 0.5) is 13.2 Å². The van der Waals surface area contributed by atoms with Crippen LogP contribution in [0.25, 0.3) is 6.08 Å². The Morgan fingerprint density at radius 3 is 2.72 bits per heavy atom. The minimum Gasteiger partial charge on any atom is -0.406 e. The number of aromatic amines is 1. The number of nitrogens with one attached hydrogen (secondary N) is 1. The van der Waals surface area contributed by atoms with E-state index in [2.05, 4.69) is 26.2 Å². The van der Waals surface area contributed by atoms with E-state index in [1.165, 1.54) is 35.9 Å². The highest BCUT2D eigenvalue weighted by Crippen LogP contribution is 2.32. The summed E-state index contributed by atoms with van der Waals surface area (Å²) in [6.07, 6.45) is 3.29. The Bertz CT molecular complexity index is 1190. The average molecular weight is 502 g/mol. The van der Waals surface area contributed by atoms with Crippen LogP contribution < -0.4 is 4.74 Å². The van der Waals surface area contributed by atoms with Gasteiger partial charge in [0.1, 0.15) is 5.75 Å². The Balaban J connectivity index is 1.15. The molecule has 0 saturated carbocycles. The van der Waals surface area contributed by atoms with E-state index in [0.29, 0.717) is 38.2 Å². The summed E-state index contributed by atoms with van der Waals surface area (Å²) < 4.78 is 40.7. The van der Waals surface area contributed by atoms with E-state index >= 15 is 0 Å². The molecule has 0 bridgehead atoms. The molecule has 2 atom stereocenters. The predicted octanol–water partition coefficient (Wildman–Crippen LogP) is 3.14. The molecule has 1 unspecified atom stereocenters. The number of aromatic nitrogens is 3. The summed E-state index contributed by atoms with van der Waals surface area (Å²) in [7, 11) is 0. The van der Waals surface area contributed by atoms with Crippen molar-refractivity contribution in [3.05, 3.63) is 58.9 Å². The first kappa shape index (κ1) is 24.1. The number of likely N-dealkylation sites (tertiary alicyclic amines) is 1. The third-order valence-corrected chi connectivity index (χ3v) is 7.05. The number of alkyl halides is 3. The molecule has 2 amide bonds. The number of hydrogen-bond donors (Lipinski definition) is 1. The summed E-state index contributed by atoms with van der Waals surface area (Å²) in [5.41, 5.74) is 3.71. The lowest BCUT2D eigenvalue weighted by molar-refractivity contribution is -0.274. The molecule has 8 nitrogen and oxygen atoms in total. The van der Waals surface area contributed by atoms with Crippen molar-refractivity contribution in [3.63, 3.8) is 0 Å². The molecule has 36 heavy (non-hydrogen) atoms. The topological polar surface area (TPSA) is 91.4 Å². The molecule has 1 aliphatic carbocycles. The Kier molecular flexibility index (Phi) is 6.55. The Morgan fingerprint density at radius 1 is 1.14 bits per heavy atom. The van der Waals surface area contributed by atoms with Crippen LogP contribution in [0, 0.1) is 11.8 Å². The highest BCUT2D eigenvalue weighted by molar-refractivity contribution is 5.92. The largest absolute Gasteiger partial charge is 0.573 e. The number of nitrogens with zero attached hydrogens (tertiary/aromatic N) is 4. The summed E-state index contributed by atoms with van der Waals surface area (Å²) in [6, 6.07) is 5.34. The van der Waals surface area contributed by atoms with E-state index < -0.39 is 6.36 Å². The second-order valence-electron chi connectivity index (χ2n) is 9.39. The van der Waals surface area contributed by atoms with Crippen LogP contribution in [-0.2, 0) is 22.4 Å². The second kappa shape index (κ2) is 9.79. The quantitative estimate of drug-likeness (QED) is 0.514. The Labute approximate surface area is 205 Å². The molecule has 11 heteroatoms. The molecular formula is C25H26F3N5O3. The molecule has 1 saturated heterocycles. The zero-order valence-electron chi connectivity index (χ0n) is 19.5. The number of hydrogen-bond acceptors (Lipinski definition) is 5. The Morgan fingerprint density at radius 2 is 1.94 bits per heavy atom. The lowest BCUT2D eigenvalue weighted by Crippen LogP contribution is -2.37. The van der Waals surface area contributed by atoms with Crippen LogP contribution in [-0.4, -0.2) is 69.6 Å². The van der Waals surface area contributed by atoms with Crippen LogP contribution in [0.5, 0.6) is 5.75 Å². The highest BCUT2D eigenvalue weighted by Gasteiger charge is 2.37. The molecule has 3 heterocycles. The van der Waals surface area contributed by atoms with E-state index in [-0.39, 0.29) is 29.4 Å². The molecular weight excluding hydrogens is 475 g/mol. The van der Waals surface area contributed by atoms with Crippen molar-refractivity contribution < 1.29 is 27.5 Å². The molecule has 1 aromatic heterocycles. The summed E-state index contributed by atoms with van der Waals surface area (Å²) in [6.45, 7) is 2.29. The smallest absolute Gasteiger partial charge is 0.406 e. The maximum Gasteiger partial charge on any atom is 0.573 e. The van der Waals surface area contributed by atoms with Crippen LogP contribution in [0.2, 0.25) is 0 Å². The fourth-order valence-corrected chi connectivity index (χ4v) is 5.12. The van der Waals surface area contributed by atoms with Gasteiger partial charge in [-0.25, -0.2) is 0 Å². The first-order chi connectivity index (χ1) is 17.2. The molecule has 190 valence electrons. The first-order valence-corrected chi connectivity index (χ1v) is 11.9. The average Bonchev–Trinajstić information content (AvgIpc) is 3.44. The van der Waals surface area contributed by atoms with Crippen molar-refractivity contribution in [1.29, 1.82) is 0 Å². The number of carbonyl (C=O) groups is 2. The van der Waals surface area contributed by atoms with Crippen molar-refractivity contribution in [3.8, 4) is 5.75 Å². The number of ether oxygens (including phenoxy) is 1. The molecule has 0 radical (unpaired) electrons. The fraction of sp³-hybridized carbons (Fsp3) is 0.440. The monoisotopic (exact) mass is 501 g/mol. The molecule has 1 aromatic carbocycles. The lowest BCUT2D eigenvalue weighted by Gasteiger charge is -2.26. The van der Waals surface area contributed by atoms with Crippen LogP contribution in [0.3, 0.4) is 0 Å². The van der Waals surface area contributed by atoms with Crippen LogP contribution >= 0.6 is 0 Å². The third-order valence-electron chi connectivity index (χ3n) is 7.05. The Hall–Kier alpha value is -3.63. The molecule has 3 aliphatic rings. The van der Waals surface area contributed by atoms with E-state index in [1.54, 1.807) is 11.0 Å². The van der Waals surface area contributed by atoms with Gasteiger partial charge < -0.3 is 14.5 Å². The number of carbonyl (C=O) groups excluding carboxylic acids is 2. The van der Waals surface area contributed by atoms with E-state index in [1.807, 2.05) is 4.90 Å². The van der Waals surface area contributed by atoms with E-state index in [0.717, 1.165) is 30.7 Å². The first-order valence-electron chi connectivity index (χ1n) is 11.9. The molecule has 2 aromatic rings. The minimum absolute atomic E-state index is 0.0668. The molecule has 0 spiro atoms. The van der Waals surface area contributed by atoms with Crippen molar-refractivity contribution in [2.24, 2.45) is 11.8 Å². The molecule has 1 N–H and O–H groups in total. The normalized spacial score (nSPS) is 22.1. The zero-order valence-corrected chi connectivity index (χ0v) is 19.5. The number of H-pyrrole nitrogens is 1. The minimum atomic E-state index is -4.74. The van der Waals surface area contributed by atoms with Gasteiger partial charge in [-0.15, -0.1) is 18.3 Å². The summed E-state index contributed by atoms with van der Waals surface area (Å²) in [4.78, 5) is 29.5. The number of rotatable bonds is 4. The summed E-state index contributed by atoms with van der Waals surface area (Å²) >= 11 is 0. The zero-order chi connectivity index (χ0) is 25.3. The van der Waals surface area contributed by atoms with E-state index in [9.17, 15) is 22.8 Å². The van der Waals surface area contributed by atoms with Gasteiger partial charge in [0.2, 0.25) is 11.8 Å². The van der Waals surface area contributed by atoms with Gasteiger partial charge in [-0.2, -0.15) is 0 Å². The lowest BCUT2D eigenvalue weighted by atomic mass is 9.89. The van der Waals surface area contributed by atoms with Gasteiger partial charge in [0, 0.05) is 50.5 Å². The number of amides is 2. The van der Waals surface area contributed by atoms with Crippen molar-refractivity contribution in [2.45, 2.75) is 32.0 Å². The number of fused-ring (bicyclic) bond motifs is 2. The second-order valence-corrected chi connectivity index (χ2v) is 9.39. The summed E-state index contributed by atoms with van der Waals surface area (Å²) in [5.74, 6) is -0.136.